The largest absolute Gasteiger partial charge is 0.380 e. The summed E-state index contributed by atoms with van der Waals surface area (Å²) in [7, 11) is 1.56. The minimum absolute atomic E-state index is 0.208. The maximum Gasteiger partial charge on any atom is 0.243 e. The Morgan fingerprint density at radius 1 is 1.36 bits per heavy atom. The highest BCUT2D eigenvalue weighted by Crippen LogP contribution is 2.30. The predicted octanol–water partition coefficient (Wildman–Crippen LogP) is 3.21. The number of rotatable bonds is 6. The number of methoxy groups -OCH3 is 1. The van der Waals surface area contributed by atoms with Gasteiger partial charge in [-0.05, 0) is 24.1 Å². The van der Waals surface area contributed by atoms with Crippen LogP contribution < -0.4 is 0 Å². The molecular formula is C16H18F2N2O2. The molecule has 1 atom stereocenters. The third-order valence-corrected chi connectivity index (χ3v) is 3.40. The molecule has 1 aliphatic rings. The molecule has 0 radical (unpaired) electrons. The van der Waals surface area contributed by atoms with Crippen molar-refractivity contribution in [2.24, 2.45) is 5.10 Å². The molecule has 0 fully saturated rings. The van der Waals surface area contributed by atoms with Crippen molar-refractivity contribution in [2.75, 3.05) is 13.7 Å². The quantitative estimate of drug-likeness (QED) is 0.757. The predicted molar refractivity (Wildman–Crippen MR) is 79.3 cm³/mol. The van der Waals surface area contributed by atoms with Crippen molar-refractivity contribution >= 4 is 12.1 Å². The fraction of sp³-hybridized carbons (Fsp3) is 0.375. The number of amides is 1. The van der Waals surface area contributed by atoms with Gasteiger partial charge in [0.2, 0.25) is 5.91 Å². The minimum Gasteiger partial charge on any atom is -0.380 e. The van der Waals surface area contributed by atoms with Gasteiger partial charge in [-0.25, -0.2) is 13.8 Å². The second kappa shape index (κ2) is 7.26. The van der Waals surface area contributed by atoms with Crippen LogP contribution in [-0.2, 0) is 9.53 Å². The molecule has 4 nitrogen and oxygen atoms in total. The molecule has 1 heterocycles. The van der Waals surface area contributed by atoms with Crippen molar-refractivity contribution in [3.05, 3.63) is 47.5 Å². The Hall–Kier alpha value is -2.08. The normalized spacial score (nSPS) is 17.0. The third-order valence-electron chi connectivity index (χ3n) is 3.40. The van der Waals surface area contributed by atoms with Crippen molar-refractivity contribution in [2.45, 2.75) is 25.3 Å². The van der Waals surface area contributed by atoms with Crippen molar-refractivity contribution in [3.8, 4) is 0 Å². The van der Waals surface area contributed by atoms with E-state index in [1.807, 2.05) is 0 Å². The number of nitrogens with zero attached hydrogens (tertiary/aromatic N) is 2. The minimum atomic E-state index is -0.664. The van der Waals surface area contributed by atoms with Crippen LogP contribution in [0.3, 0.4) is 0 Å². The Bertz CT molecular complexity index is 582. The van der Waals surface area contributed by atoms with Crippen LogP contribution in [0.25, 0.3) is 0 Å². The molecule has 22 heavy (non-hydrogen) atoms. The number of ether oxygens (including phenoxy) is 1. The third kappa shape index (κ3) is 3.98. The highest BCUT2D eigenvalue weighted by atomic mass is 19.1. The summed E-state index contributed by atoms with van der Waals surface area (Å²) in [5.41, 5.74) is 1.21. The molecule has 1 amide bonds. The number of benzene rings is 1. The van der Waals surface area contributed by atoms with Gasteiger partial charge in [-0.15, -0.1) is 0 Å². The summed E-state index contributed by atoms with van der Waals surface area (Å²) in [6.45, 7) is 4.21. The van der Waals surface area contributed by atoms with E-state index in [2.05, 4.69) is 11.7 Å². The smallest absolute Gasteiger partial charge is 0.243 e. The molecule has 118 valence electrons. The lowest BCUT2D eigenvalue weighted by atomic mass is 10.0. The summed E-state index contributed by atoms with van der Waals surface area (Å²) in [4.78, 5) is 12.3. The van der Waals surface area contributed by atoms with E-state index in [0.717, 1.165) is 11.6 Å². The van der Waals surface area contributed by atoms with Crippen LogP contribution in [0.15, 0.2) is 35.5 Å². The van der Waals surface area contributed by atoms with E-state index in [1.165, 1.54) is 17.1 Å². The molecule has 0 bridgehead atoms. The van der Waals surface area contributed by atoms with Crippen molar-refractivity contribution in [3.63, 3.8) is 0 Å². The van der Waals surface area contributed by atoms with Crippen LogP contribution in [-0.4, -0.2) is 30.8 Å². The van der Waals surface area contributed by atoms with E-state index in [1.54, 1.807) is 13.3 Å². The highest BCUT2D eigenvalue weighted by molar-refractivity contribution is 5.80. The van der Waals surface area contributed by atoms with Crippen molar-refractivity contribution in [1.29, 1.82) is 0 Å². The highest BCUT2D eigenvalue weighted by Gasteiger charge is 2.28. The van der Waals surface area contributed by atoms with E-state index in [4.69, 9.17) is 4.74 Å². The summed E-state index contributed by atoms with van der Waals surface area (Å²) < 4.78 is 31.6. The second-order valence-corrected chi connectivity index (χ2v) is 5.17. The number of halogens is 2. The molecule has 0 N–H and O–H groups in total. The van der Waals surface area contributed by atoms with Crippen LogP contribution in [0, 0.1) is 11.6 Å². The molecule has 6 heteroatoms. The Morgan fingerprint density at radius 3 is 2.68 bits per heavy atom. The maximum absolute atomic E-state index is 13.3. The van der Waals surface area contributed by atoms with Crippen LogP contribution in [0.5, 0.6) is 0 Å². The van der Waals surface area contributed by atoms with Gasteiger partial charge >= 0.3 is 0 Å². The van der Waals surface area contributed by atoms with E-state index >= 15 is 0 Å². The zero-order chi connectivity index (χ0) is 16.1. The second-order valence-electron chi connectivity index (χ2n) is 5.17. The van der Waals surface area contributed by atoms with Gasteiger partial charge in [-0.1, -0.05) is 12.2 Å². The standard InChI is InChI=1S/C16H18F2N2O2/c1-11(10-22-2)3-4-16(21)20-15(5-6-19-20)12-7-13(17)9-14(18)8-12/h6-9,15H,1,3-5,10H2,2H3. The average Bonchev–Trinajstić information content (AvgIpc) is 2.93. The first-order chi connectivity index (χ1) is 10.5. The fourth-order valence-corrected chi connectivity index (χ4v) is 2.37. The lowest BCUT2D eigenvalue weighted by molar-refractivity contribution is -0.133. The molecule has 0 aliphatic carbocycles. The van der Waals surface area contributed by atoms with Crippen molar-refractivity contribution in [1.82, 2.24) is 5.01 Å². The lowest BCUT2D eigenvalue weighted by Gasteiger charge is -2.22. The average molecular weight is 308 g/mol. The molecule has 0 saturated heterocycles. The summed E-state index contributed by atoms with van der Waals surface area (Å²) in [5.74, 6) is -1.54. The van der Waals surface area contributed by atoms with Gasteiger partial charge in [0, 0.05) is 32.2 Å². The van der Waals surface area contributed by atoms with E-state index < -0.39 is 17.7 Å². The fourth-order valence-electron chi connectivity index (χ4n) is 2.37. The van der Waals surface area contributed by atoms with Gasteiger partial charge in [0.25, 0.3) is 0 Å². The van der Waals surface area contributed by atoms with E-state index in [0.29, 0.717) is 25.0 Å². The van der Waals surface area contributed by atoms with Crippen LogP contribution in [0.1, 0.15) is 30.9 Å². The Kier molecular flexibility index (Phi) is 5.38. The molecule has 0 saturated carbocycles. The molecule has 1 aromatic rings. The molecule has 0 spiro atoms. The lowest BCUT2D eigenvalue weighted by Crippen LogP contribution is -2.27. The van der Waals surface area contributed by atoms with Gasteiger partial charge in [-0.3, -0.25) is 4.79 Å². The Labute approximate surface area is 128 Å². The summed E-state index contributed by atoms with van der Waals surface area (Å²) in [6, 6.07) is 2.80. The molecule has 0 aromatic heterocycles. The molecule has 2 rings (SSSR count). The van der Waals surface area contributed by atoms with Gasteiger partial charge < -0.3 is 4.74 Å². The van der Waals surface area contributed by atoms with Crippen molar-refractivity contribution < 1.29 is 18.3 Å². The first kappa shape index (κ1) is 16.3. The SMILES string of the molecule is C=C(CCC(=O)N1N=CCC1c1cc(F)cc(F)c1)COC. The Morgan fingerprint density at radius 2 is 2.05 bits per heavy atom. The molecular weight excluding hydrogens is 290 g/mol. The number of hydrazone groups is 1. The van der Waals surface area contributed by atoms with Crippen LogP contribution >= 0.6 is 0 Å². The van der Waals surface area contributed by atoms with Gasteiger partial charge in [0.05, 0.1) is 12.6 Å². The first-order valence-corrected chi connectivity index (χ1v) is 6.97. The van der Waals surface area contributed by atoms with Crippen LogP contribution in [0.4, 0.5) is 8.78 Å². The number of carbonyl (C=O) groups excluding carboxylic acids is 1. The summed E-state index contributed by atoms with van der Waals surface area (Å²) in [6.07, 6.45) is 2.74. The first-order valence-electron chi connectivity index (χ1n) is 6.97. The van der Waals surface area contributed by atoms with E-state index in [9.17, 15) is 13.6 Å². The van der Waals surface area contributed by atoms with Crippen LogP contribution in [0.2, 0.25) is 0 Å². The van der Waals surface area contributed by atoms with E-state index in [-0.39, 0.29) is 12.3 Å². The number of carbonyl (C=O) groups is 1. The molecule has 1 aliphatic heterocycles. The number of hydrogen-bond donors (Lipinski definition) is 0. The zero-order valence-corrected chi connectivity index (χ0v) is 12.4. The Balaban J connectivity index is 2.04. The molecule has 1 aromatic carbocycles. The molecule has 1 unspecified atom stereocenters. The monoisotopic (exact) mass is 308 g/mol. The zero-order valence-electron chi connectivity index (χ0n) is 12.4. The van der Waals surface area contributed by atoms with Gasteiger partial charge in [-0.2, -0.15) is 5.10 Å². The van der Waals surface area contributed by atoms with Gasteiger partial charge in [0.1, 0.15) is 11.6 Å². The summed E-state index contributed by atoms with van der Waals surface area (Å²) in [5, 5.41) is 5.32. The topological polar surface area (TPSA) is 41.9 Å². The number of hydrogen-bond acceptors (Lipinski definition) is 3. The summed E-state index contributed by atoms with van der Waals surface area (Å²) >= 11 is 0. The maximum atomic E-state index is 13.3. The van der Waals surface area contributed by atoms with Gasteiger partial charge in [0.15, 0.2) is 0 Å².